The van der Waals surface area contributed by atoms with E-state index in [4.69, 9.17) is 21.4 Å². The zero-order valence-corrected chi connectivity index (χ0v) is 16.4. The number of ether oxygens (including phenoxy) is 1. The minimum Gasteiger partial charge on any atom is -0.455 e. The van der Waals surface area contributed by atoms with Crippen LogP contribution >= 0.6 is 11.6 Å². The molecule has 2 N–H and O–H groups in total. The highest BCUT2D eigenvalue weighted by Gasteiger charge is 2.27. The largest absolute Gasteiger partial charge is 0.455 e. The van der Waals surface area contributed by atoms with Gasteiger partial charge >= 0.3 is 5.97 Å². The van der Waals surface area contributed by atoms with E-state index in [1.807, 2.05) is 0 Å². The first-order valence-electron chi connectivity index (χ1n) is 8.39. The van der Waals surface area contributed by atoms with E-state index in [0.29, 0.717) is 16.3 Å². The van der Waals surface area contributed by atoms with Crippen LogP contribution < -0.4 is 5.32 Å². The van der Waals surface area contributed by atoms with Gasteiger partial charge in [-0.2, -0.15) is 0 Å². The van der Waals surface area contributed by atoms with Crippen molar-refractivity contribution in [3.8, 4) is 11.3 Å². The van der Waals surface area contributed by atoms with Crippen LogP contribution in [0.2, 0.25) is 5.02 Å². The Morgan fingerprint density at radius 2 is 1.85 bits per heavy atom. The molecule has 8 heteroatoms. The summed E-state index contributed by atoms with van der Waals surface area (Å²) in [5.41, 5.74) is -0.0188. The lowest BCUT2D eigenvalue weighted by atomic mass is 10.1. The van der Waals surface area contributed by atoms with Gasteiger partial charge in [0.05, 0.1) is 18.5 Å². The third-order valence-electron chi connectivity index (χ3n) is 3.37. The monoisotopic (exact) mass is 391 g/mol. The maximum absolute atomic E-state index is 12.6. The molecule has 1 amide bonds. The Balaban J connectivity index is 2.48. The van der Waals surface area contributed by atoms with E-state index in [1.54, 1.807) is 52.0 Å². The van der Waals surface area contributed by atoms with Gasteiger partial charge in [0.2, 0.25) is 0 Å². The fourth-order valence-corrected chi connectivity index (χ4v) is 2.25. The van der Waals surface area contributed by atoms with Gasteiger partial charge in [-0.25, -0.2) is 14.8 Å². The molecule has 27 heavy (non-hydrogen) atoms. The second kappa shape index (κ2) is 8.45. The van der Waals surface area contributed by atoms with Crippen LogP contribution in [0.5, 0.6) is 0 Å². The maximum atomic E-state index is 12.6. The number of hydrogen-bond acceptors (Lipinski definition) is 6. The third-order valence-corrected chi connectivity index (χ3v) is 3.62. The van der Waals surface area contributed by atoms with Crippen molar-refractivity contribution in [3.05, 3.63) is 46.9 Å². The number of halogens is 1. The Morgan fingerprint density at radius 1 is 1.22 bits per heavy atom. The molecule has 1 aromatic carbocycles. The molecule has 0 radical (unpaired) electrons. The number of rotatable bonds is 5. The Morgan fingerprint density at radius 3 is 2.41 bits per heavy atom. The van der Waals surface area contributed by atoms with Crippen LogP contribution in [0.25, 0.3) is 11.3 Å². The lowest BCUT2D eigenvalue weighted by Crippen LogP contribution is -2.37. The highest BCUT2D eigenvalue weighted by Crippen LogP contribution is 2.21. The molecule has 7 nitrogen and oxygen atoms in total. The zero-order chi connectivity index (χ0) is 20.2. The topological polar surface area (TPSA) is 101 Å². The highest BCUT2D eigenvalue weighted by molar-refractivity contribution is 6.30. The number of nitrogens with zero attached hydrogens (tertiary/aromatic N) is 2. The molecule has 0 fully saturated rings. The molecule has 1 aromatic heterocycles. The van der Waals surface area contributed by atoms with Gasteiger partial charge in [-0.05, 0) is 39.8 Å². The number of amides is 1. The first-order chi connectivity index (χ1) is 12.6. The number of hydrogen-bond donors (Lipinski definition) is 2. The molecule has 144 valence electrons. The van der Waals surface area contributed by atoms with Gasteiger partial charge in [0.15, 0.2) is 11.4 Å². The van der Waals surface area contributed by atoms with E-state index in [9.17, 15) is 9.59 Å². The standard InChI is InChI=1S/C19H22ClN3O4/c1-11(10-24)22-17(25)15-16(18(26)27-19(2,3)4)21-9-14(23-15)12-5-7-13(20)8-6-12/h5-9,11,24H,10H2,1-4H3,(H,22,25). The van der Waals surface area contributed by atoms with Crippen LogP contribution in [0.4, 0.5) is 0 Å². The second-order valence-corrected chi connectivity index (χ2v) is 7.45. The van der Waals surface area contributed by atoms with E-state index < -0.39 is 23.5 Å². The van der Waals surface area contributed by atoms with E-state index >= 15 is 0 Å². The molecule has 2 rings (SSSR count). The van der Waals surface area contributed by atoms with E-state index in [0.717, 1.165) is 0 Å². The highest BCUT2D eigenvalue weighted by atomic mass is 35.5. The van der Waals surface area contributed by atoms with Crippen molar-refractivity contribution in [2.24, 2.45) is 0 Å². The quantitative estimate of drug-likeness (QED) is 0.760. The molecule has 0 aliphatic rings. The summed E-state index contributed by atoms with van der Waals surface area (Å²) >= 11 is 5.90. The molecule has 0 saturated carbocycles. The summed E-state index contributed by atoms with van der Waals surface area (Å²) in [5.74, 6) is -1.37. The molecule has 1 heterocycles. The summed E-state index contributed by atoms with van der Waals surface area (Å²) in [5, 5.41) is 12.3. The van der Waals surface area contributed by atoms with Crippen LogP contribution in [0.15, 0.2) is 30.5 Å². The van der Waals surface area contributed by atoms with Gasteiger partial charge in [0.25, 0.3) is 5.91 Å². The van der Waals surface area contributed by atoms with Crippen LogP contribution in [-0.4, -0.2) is 45.2 Å². The average molecular weight is 392 g/mol. The van der Waals surface area contributed by atoms with Crippen LogP contribution in [-0.2, 0) is 4.74 Å². The van der Waals surface area contributed by atoms with Crippen LogP contribution in [0, 0.1) is 0 Å². The second-order valence-electron chi connectivity index (χ2n) is 7.02. The van der Waals surface area contributed by atoms with Crippen molar-refractivity contribution >= 4 is 23.5 Å². The fraction of sp³-hybridized carbons (Fsp3) is 0.368. The minimum absolute atomic E-state index is 0.169. The molecule has 0 aliphatic heterocycles. The number of nitrogens with one attached hydrogen (secondary N) is 1. The predicted octanol–water partition coefficient (Wildman–Crippen LogP) is 2.86. The number of aromatic nitrogens is 2. The Labute approximate surface area is 162 Å². The van der Waals surface area contributed by atoms with E-state index in [1.165, 1.54) is 6.20 Å². The van der Waals surface area contributed by atoms with Gasteiger partial charge in [-0.3, -0.25) is 4.79 Å². The van der Waals surface area contributed by atoms with Crippen molar-refractivity contribution in [1.29, 1.82) is 0 Å². The number of aliphatic hydroxyl groups excluding tert-OH is 1. The maximum Gasteiger partial charge on any atom is 0.359 e. The first kappa shape index (κ1) is 20.8. The van der Waals surface area contributed by atoms with Gasteiger partial charge in [-0.1, -0.05) is 23.7 Å². The van der Waals surface area contributed by atoms with Gasteiger partial charge in [0, 0.05) is 16.6 Å². The summed E-state index contributed by atoms with van der Waals surface area (Å²) in [6, 6.07) is 6.33. The molecule has 0 spiro atoms. The number of carbonyl (C=O) groups is 2. The van der Waals surface area contributed by atoms with Crippen molar-refractivity contribution in [1.82, 2.24) is 15.3 Å². The zero-order valence-electron chi connectivity index (χ0n) is 15.6. The van der Waals surface area contributed by atoms with Crippen LogP contribution in [0.1, 0.15) is 48.7 Å². The summed E-state index contributed by atoms with van der Waals surface area (Å²) in [7, 11) is 0. The Kier molecular flexibility index (Phi) is 6.51. The lowest BCUT2D eigenvalue weighted by molar-refractivity contribution is 0.00600. The average Bonchev–Trinajstić information content (AvgIpc) is 2.60. The SMILES string of the molecule is CC(CO)NC(=O)c1nc(-c2ccc(Cl)cc2)cnc1C(=O)OC(C)(C)C. The molecule has 0 bridgehead atoms. The molecule has 0 saturated heterocycles. The Bertz CT molecular complexity index is 832. The summed E-state index contributed by atoms with van der Waals surface area (Å²) < 4.78 is 5.32. The van der Waals surface area contributed by atoms with Gasteiger partial charge in [-0.15, -0.1) is 0 Å². The van der Waals surface area contributed by atoms with Crippen LogP contribution in [0.3, 0.4) is 0 Å². The fourth-order valence-electron chi connectivity index (χ4n) is 2.12. The number of esters is 1. The molecule has 1 atom stereocenters. The van der Waals surface area contributed by atoms with Crippen molar-refractivity contribution in [2.45, 2.75) is 39.3 Å². The third kappa shape index (κ3) is 5.74. The normalized spacial score (nSPS) is 12.4. The molecular formula is C19H22ClN3O4. The van der Waals surface area contributed by atoms with Gasteiger partial charge < -0.3 is 15.2 Å². The van der Waals surface area contributed by atoms with E-state index in [2.05, 4.69) is 15.3 Å². The van der Waals surface area contributed by atoms with Gasteiger partial charge in [0.1, 0.15) is 5.60 Å². The van der Waals surface area contributed by atoms with E-state index in [-0.39, 0.29) is 18.0 Å². The van der Waals surface area contributed by atoms with Crippen molar-refractivity contribution < 1.29 is 19.4 Å². The van der Waals surface area contributed by atoms with Crippen molar-refractivity contribution in [2.75, 3.05) is 6.61 Å². The molecule has 1 unspecified atom stereocenters. The number of carbonyl (C=O) groups excluding carboxylic acids is 2. The van der Waals surface area contributed by atoms with Crippen molar-refractivity contribution in [3.63, 3.8) is 0 Å². The predicted molar refractivity (Wildman–Crippen MR) is 102 cm³/mol. The smallest absolute Gasteiger partial charge is 0.359 e. The summed E-state index contributed by atoms with van der Waals surface area (Å²) in [6.07, 6.45) is 1.40. The molecule has 2 aromatic rings. The summed E-state index contributed by atoms with van der Waals surface area (Å²) in [4.78, 5) is 33.5. The number of benzene rings is 1. The molecule has 0 aliphatic carbocycles. The molecular weight excluding hydrogens is 370 g/mol. The summed E-state index contributed by atoms with van der Waals surface area (Å²) in [6.45, 7) is 6.52. The lowest BCUT2D eigenvalue weighted by Gasteiger charge is -2.20. The number of aliphatic hydroxyl groups is 1. The Hall–Kier alpha value is -2.51. The first-order valence-corrected chi connectivity index (χ1v) is 8.76. The minimum atomic E-state index is -0.751.